The Morgan fingerprint density at radius 2 is 2.17 bits per heavy atom. The van der Waals surface area contributed by atoms with Gasteiger partial charge in [-0.25, -0.2) is 0 Å². The molecule has 0 aromatic carbocycles. The van der Waals surface area contributed by atoms with Gasteiger partial charge < -0.3 is 5.73 Å². The van der Waals surface area contributed by atoms with E-state index in [0.29, 0.717) is 0 Å². The van der Waals surface area contributed by atoms with Crippen molar-refractivity contribution in [2.45, 2.75) is 6.42 Å². The predicted octanol–water partition coefficient (Wildman–Crippen LogP) is 2.98. The van der Waals surface area contributed by atoms with Gasteiger partial charge >= 0.3 is 0 Å². The largest absolute Gasteiger partial charge is 0.402 e. The second-order valence-electron chi connectivity index (χ2n) is 2.95. The molecule has 0 radical (unpaired) electrons. The molecule has 1 rings (SSSR count). The van der Waals surface area contributed by atoms with Gasteiger partial charge in [-0.15, -0.1) is 0 Å². The summed E-state index contributed by atoms with van der Waals surface area (Å²) in [4.78, 5) is 0. The lowest BCUT2D eigenvalue weighted by Gasteiger charge is -2.06. The molecule has 0 unspecified atom stereocenters. The van der Waals surface area contributed by atoms with Crippen LogP contribution in [0.1, 0.15) is 6.42 Å². The molecule has 0 amide bonds. The van der Waals surface area contributed by atoms with Gasteiger partial charge in [-0.1, -0.05) is 31.7 Å². The molecule has 0 aromatic heterocycles. The first kappa shape index (κ1) is 9.83. The summed E-state index contributed by atoms with van der Waals surface area (Å²) in [5.41, 5.74) is 6.52. The highest BCUT2D eigenvalue weighted by Crippen LogP contribution is 2.41. The number of allylic oxidation sites excluding steroid dienone is 5. The van der Waals surface area contributed by atoms with Crippen molar-refractivity contribution in [3.8, 4) is 0 Å². The van der Waals surface area contributed by atoms with Crippen molar-refractivity contribution in [2.24, 2.45) is 5.73 Å². The third-order valence-electron chi connectivity index (χ3n) is 1.67. The van der Waals surface area contributed by atoms with E-state index in [9.17, 15) is 0 Å². The Hall–Kier alpha value is -0.260. The van der Waals surface area contributed by atoms with Gasteiger partial charge in [0.25, 0.3) is 0 Å². The van der Waals surface area contributed by atoms with Crippen LogP contribution in [0.5, 0.6) is 0 Å². The molecule has 0 bridgehead atoms. The second kappa shape index (κ2) is 4.11. The van der Waals surface area contributed by atoms with Crippen molar-refractivity contribution in [3.63, 3.8) is 0 Å². The molecule has 0 aromatic rings. The summed E-state index contributed by atoms with van der Waals surface area (Å²) in [5, 5.41) is 2.03. The SMILES string of the molecule is CP(C)C1=C(Cl)C=C(N)CC=C1. The van der Waals surface area contributed by atoms with Crippen LogP contribution in [0.25, 0.3) is 0 Å². The van der Waals surface area contributed by atoms with Crippen LogP contribution >= 0.6 is 19.5 Å². The molecule has 0 saturated carbocycles. The number of hydrogen-bond donors (Lipinski definition) is 1. The highest BCUT2D eigenvalue weighted by Gasteiger charge is 2.06. The summed E-state index contributed by atoms with van der Waals surface area (Å²) in [6, 6.07) is 0. The van der Waals surface area contributed by atoms with Crippen molar-refractivity contribution in [2.75, 3.05) is 13.3 Å². The zero-order valence-corrected chi connectivity index (χ0v) is 8.99. The van der Waals surface area contributed by atoms with E-state index in [-0.39, 0.29) is 7.92 Å². The van der Waals surface area contributed by atoms with E-state index in [2.05, 4.69) is 25.5 Å². The topological polar surface area (TPSA) is 26.0 Å². The Kier molecular flexibility index (Phi) is 3.37. The summed E-state index contributed by atoms with van der Waals surface area (Å²) in [6.07, 6.45) is 6.82. The van der Waals surface area contributed by atoms with Gasteiger partial charge in [-0.3, -0.25) is 0 Å². The molecule has 0 atom stereocenters. The minimum atomic E-state index is -0.133. The molecule has 0 spiro atoms. The molecule has 0 saturated heterocycles. The van der Waals surface area contributed by atoms with Gasteiger partial charge in [-0.05, 0) is 24.7 Å². The Bertz CT molecular complexity index is 264. The summed E-state index contributed by atoms with van der Waals surface area (Å²) in [5.74, 6) is 0. The van der Waals surface area contributed by atoms with Crippen LogP contribution in [-0.4, -0.2) is 13.3 Å². The van der Waals surface area contributed by atoms with E-state index < -0.39 is 0 Å². The Morgan fingerprint density at radius 3 is 2.75 bits per heavy atom. The molecule has 1 nitrogen and oxygen atoms in total. The van der Waals surface area contributed by atoms with Crippen molar-refractivity contribution in [1.29, 1.82) is 0 Å². The summed E-state index contributed by atoms with van der Waals surface area (Å²) < 4.78 is 0. The molecule has 0 fully saturated rings. The normalized spacial score (nSPS) is 18.2. The van der Waals surface area contributed by atoms with Crippen LogP contribution in [0.4, 0.5) is 0 Å². The number of rotatable bonds is 1. The fourth-order valence-corrected chi connectivity index (χ4v) is 2.65. The Balaban J connectivity index is 3.02. The molecule has 0 aliphatic heterocycles. The molecule has 3 heteroatoms. The summed E-state index contributed by atoms with van der Waals surface area (Å²) in [6.45, 7) is 4.37. The fraction of sp³-hybridized carbons (Fsp3) is 0.333. The molecular weight excluding hydrogens is 189 g/mol. The minimum Gasteiger partial charge on any atom is -0.402 e. The van der Waals surface area contributed by atoms with E-state index >= 15 is 0 Å². The minimum absolute atomic E-state index is 0.133. The first-order valence-electron chi connectivity index (χ1n) is 3.81. The van der Waals surface area contributed by atoms with Crippen LogP contribution < -0.4 is 5.73 Å². The lowest BCUT2D eigenvalue weighted by atomic mass is 10.3. The smallest absolute Gasteiger partial charge is 0.0499 e. The third kappa shape index (κ3) is 2.36. The lowest BCUT2D eigenvalue weighted by molar-refractivity contribution is 1.17. The van der Waals surface area contributed by atoms with E-state index in [1.165, 1.54) is 5.31 Å². The molecule has 1 aliphatic rings. The molecule has 1 aliphatic carbocycles. The number of halogens is 1. The highest BCUT2D eigenvalue weighted by molar-refractivity contribution is 7.60. The maximum absolute atomic E-state index is 6.07. The van der Waals surface area contributed by atoms with Crippen molar-refractivity contribution in [3.05, 3.63) is 34.3 Å². The maximum Gasteiger partial charge on any atom is 0.0499 e. The van der Waals surface area contributed by atoms with Gasteiger partial charge in [0.05, 0.1) is 0 Å². The number of nitrogens with two attached hydrogens (primary N) is 1. The quantitative estimate of drug-likeness (QED) is 0.649. The van der Waals surface area contributed by atoms with Crippen LogP contribution in [0, 0.1) is 0 Å². The van der Waals surface area contributed by atoms with Crippen LogP contribution in [0.15, 0.2) is 34.3 Å². The predicted molar refractivity (Wildman–Crippen MR) is 57.7 cm³/mol. The van der Waals surface area contributed by atoms with Gasteiger partial charge in [0, 0.05) is 17.2 Å². The van der Waals surface area contributed by atoms with Crippen molar-refractivity contribution in [1.82, 2.24) is 0 Å². The van der Waals surface area contributed by atoms with Gasteiger partial charge in [0.15, 0.2) is 0 Å². The molecule has 2 N–H and O–H groups in total. The average molecular weight is 202 g/mol. The van der Waals surface area contributed by atoms with Gasteiger partial charge in [-0.2, -0.15) is 0 Å². The summed E-state index contributed by atoms with van der Waals surface area (Å²) >= 11 is 6.07. The maximum atomic E-state index is 6.07. The fourth-order valence-electron chi connectivity index (χ4n) is 1.04. The Labute approximate surface area is 79.7 Å². The molecule has 0 heterocycles. The van der Waals surface area contributed by atoms with E-state index in [1.807, 2.05) is 6.08 Å². The number of hydrogen-bond acceptors (Lipinski definition) is 1. The first-order valence-corrected chi connectivity index (χ1v) is 6.42. The molecule has 12 heavy (non-hydrogen) atoms. The first-order chi connectivity index (χ1) is 5.61. The molecular formula is C9H13ClNP. The average Bonchev–Trinajstić information content (AvgIpc) is 2.10. The zero-order valence-electron chi connectivity index (χ0n) is 7.34. The van der Waals surface area contributed by atoms with Crippen molar-refractivity contribution >= 4 is 19.5 Å². The van der Waals surface area contributed by atoms with E-state index in [0.717, 1.165) is 17.2 Å². The third-order valence-corrected chi connectivity index (χ3v) is 3.47. The van der Waals surface area contributed by atoms with Gasteiger partial charge in [0.2, 0.25) is 0 Å². The zero-order chi connectivity index (χ0) is 9.14. The Morgan fingerprint density at radius 1 is 1.50 bits per heavy atom. The standard InChI is InChI=1S/C9H13ClNP/c1-12(2)9-5-3-4-7(11)6-8(9)10/h3,5-6H,4,11H2,1-2H3. The lowest BCUT2D eigenvalue weighted by Crippen LogP contribution is -1.93. The van der Waals surface area contributed by atoms with E-state index in [1.54, 1.807) is 0 Å². The van der Waals surface area contributed by atoms with Crippen molar-refractivity contribution < 1.29 is 0 Å². The second-order valence-corrected chi connectivity index (χ2v) is 5.63. The summed E-state index contributed by atoms with van der Waals surface area (Å²) in [7, 11) is -0.133. The monoisotopic (exact) mass is 201 g/mol. The van der Waals surface area contributed by atoms with Gasteiger partial charge in [0.1, 0.15) is 0 Å². The highest BCUT2D eigenvalue weighted by atomic mass is 35.5. The van der Waals surface area contributed by atoms with Crippen LogP contribution in [0.2, 0.25) is 0 Å². The van der Waals surface area contributed by atoms with E-state index in [4.69, 9.17) is 17.3 Å². The van der Waals surface area contributed by atoms with Crippen LogP contribution in [-0.2, 0) is 0 Å². The molecule has 66 valence electrons. The van der Waals surface area contributed by atoms with Crippen LogP contribution in [0.3, 0.4) is 0 Å².